The Balaban J connectivity index is 1.66. The van der Waals surface area contributed by atoms with E-state index in [-0.39, 0.29) is 22.8 Å². The topological polar surface area (TPSA) is 96.5 Å². The van der Waals surface area contributed by atoms with Gasteiger partial charge in [-0.15, -0.1) is 0 Å². The van der Waals surface area contributed by atoms with Crippen LogP contribution in [0, 0.1) is 10.1 Å². The number of carbonyl (C=O) groups is 1. The van der Waals surface area contributed by atoms with Crippen molar-refractivity contribution in [3.05, 3.63) is 64.5 Å². The Morgan fingerprint density at radius 2 is 1.89 bits per heavy atom. The third kappa shape index (κ3) is 4.00. The third-order valence-electron chi connectivity index (χ3n) is 3.63. The van der Waals surface area contributed by atoms with E-state index in [1.54, 1.807) is 18.2 Å². The van der Waals surface area contributed by atoms with E-state index >= 15 is 0 Å². The molecule has 0 bridgehead atoms. The van der Waals surface area contributed by atoms with Crippen molar-refractivity contribution in [1.29, 1.82) is 0 Å². The van der Waals surface area contributed by atoms with Gasteiger partial charge >= 0.3 is 18.2 Å². The number of carbonyl (C=O) groups excluding carboxylic acids is 1. The number of rotatable bonds is 7. The summed E-state index contributed by atoms with van der Waals surface area (Å²) < 4.78 is 37.3. The molecule has 0 amide bonds. The van der Waals surface area contributed by atoms with Gasteiger partial charge in [-0.25, -0.2) is 9.78 Å². The van der Waals surface area contributed by atoms with Gasteiger partial charge in [-0.05, 0) is 18.2 Å². The van der Waals surface area contributed by atoms with E-state index in [9.17, 15) is 23.7 Å². The van der Waals surface area contributed by atoms with Crippen molar-refractivity contribution in [2.24, 2.45) is 0 Å². The van der Waals surface area contributed by atoms with Crippen LogP contribution in [0.3, 0.4) is 0 Å². The van der Waals surface area contributed by atoms with E-state index in [0.29, 0.717) is 10.1 Å². The first kappa shape index (κ1) is 18.2. The number of ether oxygens (including phenoxy) is 2. The van der Waals surface area contributed by atoms with E-state index in [0.717, 1.165) is 0 Å². The fourth-order valence-electron chi connectivity index (χ4n) is 2.47. The summed E-state index contributed by atoms with van der Waals surface area (Å²) in [4.78, 5) is 26.1. The summed E-state index contributed by atoms with van der Waals surface area (Å²) in [5.41, 5.74) is 0.263. The number of hydrogen-bond donors (Lipinski definition) is 0. The summed E-state index contributed by atoms with van der Waals surface area (Å²) in [5.74, 6) is -1.09. The molecule has 0 radical (unpaired) electrons. The van der Waals surface area contributed by atoms with Gasteiger partial charge < -0.3 is 9.47 Å². The predicted octanol–water partition coefficient (Wildman–Crippen LogP) is 3.46. The molecular formula is C17H13F2N3O5. The Morgan fingerprint density at radius 1 is 1.19 bits per heavy atom. The minimum Gasteiger partial charge on any atom is -0.475 e. The smallest absolute Gasteiger partial charge is 0.344 e. The molecule has 8 nitrogen and oxygen atoms in total. The average Bonchev–Trinajstić information content (AvgIpc) is 3.03. The van der Waals surface area contributed by atoms with E-state index in [1.165, 1.54) is 30.3 Å². The normalized spacial score (nSPS) is 10.9. The summed E-state index contributed by atoms with van der Waals surface area (Å²) in [6, 6.07) is 11.8. The van der Waals surface area contributed by atoms with Crippen LogP contribution in [-0.4, -0.2) is 27.1 Å². The minimum absolute atomic E-state index is 0.0979. The van der Waals surface area contributed by atoms with Gasteiger partial charge in [0.05, 0.1) is 16.0 Å². The molecule has 0 aliphatic heterocycles. The number of imidazole rings is 1. The van der Waals surface area contributed by atoms with Gasteiger partial charge in [-0.3, -0.25) is 14.7 Å². The Kier molecular flexibility index (Phi) is 5.25. The first-order valence-corrected chi connectivity index (χ1v) is 7.73. The second kappa shape index (κ2) is 7.77. The number of nitro benzene ring substituents is 1. The number of nitrogens with zero attached hydrogens (tertiary/aromatic N) is 3. The molecule has 3 aromatic rings. The summed E-state index contributed by atoms with van der Waals surface area (Å²) in [7, 11) is 0. The van der Waals surface area contributed by atoms with Crippen molar-refractivity contribution >= 4 is 22.7 Å². The highest BCUT2D eigenvalue weighted by Gasteiger charge is 2.19. The fourth-order valence-corrected chi connectivity index (χ4v) is 2.47. The van der Waals surface area contributed by atoms with Crippen molar-refractivity contribution in [2.75, 3.05) is 6.61 Å². The number of halogens is 2. The first-order chi connectivity index (χ1) is 13.0. The minimum atomic E-state index is -2.85. The Bertz CT molecular complexity index is 990. The predicted molar refractivity (Wildman–Crippen MR) is 89.4 cm³/mol. The zero-order chi connectivity index (χ0) is 19.4. The zero-order valence-corrected chi connectivity index (χ0v) is 13.7. The number of nitro groups is 1. The zero-order valence-electron chi connectivity index (χ0n) is 13.7. The van der Waals surface area contributed by atoms with Gasteiger partial charge in [0, 0.05) is 6.07 Å². The lowest BCUT2D eigenvalue weighted by atomic mass is 10.3. The molecule has 0 N–H and O–H groups in total. The third-order valence-corrected chi connectivity index (χ3v) is 3.63. The summed E-state index contributed by atoms with van der Waals surface area (Å²) >= 11 is 0. The van der Waals surface area contributed by atoms with Crippen molar-refractivity contribution in [1.82, 2.24) is 9.55 Å². The molecule has 140 valence electrons. The Labute approximate surface area is 151 Å². The van der Waals surface area contributed by atoms with E-state index < -0.39 is 30.7 Å². The molecule has 3 rings (SSSR count). The SMILES string of the molecule is O=C(COc1ccccc1[N+](=O)[O-])OCc1nc2ccccc2n1C(F)F. The molecular weight excluding hydrogens is 364 g/mol. The first-order valence-electron chi connectivity index (χ1n) is 7.73. The van der Waals surface area contributed by atoms with Crippen LogP contribution in [0.25, 0.3) is 11.0 Å². The van der Waals surface area contributed by atoms with Crippen molar-refractivity contribution < 1.29 is 28.0 Å². The maximum Gasteiger partial charge on any atom is 0.344 e. The number of esters is 1. The second-order valence-electron chi connectivity index (χ2n) is 5.34. The molecule has 0 aliphatic rings. The van der Waals surface area contributed by atoms with Crippen LogP contribution in [0.4, 0.5) is 14.5 Å². The molecule has 0 saturated heterocycles. The number of para-hydroxylation sites is 4. The Hall–Kier alpha value is -3.56. The molecule has 1 aromatic heterocycles. The van der Waals surface area contributed by atoms with E-state index in [2.05, 4.69) is 4.98 Å². The standard InChI is InChI=1S/C17H13F2N3O5/c18-17(19)21-12-6-2-1-5-11(12)20-15(21)9-27-16(23)10-26-14-8-4-3-7-13(14)22(24)25/h1-8,17H,9-10H2. The number of hydrogen-bond acceptors (Lipinski definition) is 6. The van der Waals surface area contributed by atoms with Crippen LogP contribution in [-0.2, 0) is 16.1 Å². The van der Waals surface area contributed by atoms with Gasteiger partial charge in [0.25, 0.3) is 0 Å². The van der Waals surface area contributed by atoms with Crippen molar-refractivity contribution in [2.45, 2.75) is 13.2 Å². The van der Waals surface area contributed by atoms with Crippen LogP contribution in [0.5, 0.6) is 5.75 Å². The van der Waals surface area contributed by atoms with Crippen LogP contribution in [0.2, 0.25) is 0 Å². The molecule has 27 heavy (non-hydrogen) atoms. The highest BCUT2D eigenvalue weighted by molar-refractivity contribution is 5.76. The van der Waals surface area contributed by atoms with Gasteiger partial charge in [-0.2, -0.15) is 8.78 Å². The van der Waals surface area contributed by atoms with E-state index in [1.807, 2.05) is 0 Å². The van der Waals surface area contributed by atoms with Crippen LogP contribution < -0.4 is 4.74 Å². The van der Waals surface area contributed by atoms with Crippen molar-refractivity contribution in [3.63, 3.8) is 0 Å². The highest BCUT2D eigenvalue weighted by atomic mass is 19.3. The quantitative estimate of drug-likeness (QED) is 0.355. The van der Waals surface area contributed by atoms with Gasteiger partial charge in [0.15, 0.2) is 18.2 Å². The van der Waals surface area contributed by atoms with E-state index in [4.69, 9.17) is 9.47 Å². The summed E-state index contributed by atoms with van der Waals surface area (Å²) in [6.07, 6.45) is 0. The van der Waals surface area contributed by atoms with Gasteiger partial charge in [-0.1, -0.05) is 24.3 Å². The summed E-state index contributed by atoms with van der Waals surface area (Å²) in [6.45, 7) is -3.95. The van der Waals surface area contributed by atoms with Crippen molar-refractivity contribution in [3.8, 4) is 5.75 Å². The fraction of sp³-hybridized carbons (Fsp3) is 0.176. The molecule has 0 unspecified atom stereocenters. The number of fused-ring (bicyclic) bond motifs is 1. The molecule has 10 heteroatoms. The average molecular weight is 377 g/mol. The molecule has 0 spiro atoms. The number of alkyl halides is 2. The highest BCUT2D eigenvalue weighted by Crippen LogP contribution is 2.26. The molecule has 0 atom stereocenters. The molecule has 0 saturated carbocycles. The second-order valence-corrected chi connectivity index (χ2v) is 5.34. The maximum absolute atomic E-state index is 13.3. The maximum atomic E-state index is 13.3. The lowest BCUT2D eigenvalue weighted by Crippen LogP contribution is -2.17. The largest absolute Gasteiger partial charge is 0.475 e. The summed E-state index contributed by atoms with van der Waals surface area (Å²) in [5, 5.41) is 10.9. The van der Waals surface area contributed by atoms with Gasteiger partial charge in [0.2, 0.25) is 0 Å². The lowest BCUT2D eigenvalue weighted by Gasteiger charge is -2.09. The molecule has 0 aliphatic carbocycles. The van der Waals surface area contributed by atoms with Crippen LogP contribution in [0.15, 0.2) is 48.5 Å². The van der Waals surface area contributed by atoms with Crippen LogP contribution in [0.1, 0.15) is 12.4 Å². The molecule has 0 fully saturated rings. The molecule has 1 heterocycles. The van der Waals surface area contributed by atoms with Crippen LogP contribution >= 0.6 is 0 Å². The molecule has 2 aromatic carbocycles. The van der Waals surface area contributed by atoms with Gasteiger partial charge in [0.1, 0.15) is 6.61 Å². The monoisotopic (exact) mass is 377 g/mol. The number of aromatic nitrogens is 2. The Morgan fingerprint density at radius 3 is 2.63 bits per heavy atom. The lowest BCUT2D eigenvalue weighted by molar-refractivity contribution is -0.385. The number of benzene rings is 2.